The fourth-order valence-electron chi connectivity index (χ4n) is 3.99. The lowest BCUT2D eigenvalue weighted by molar-refractivity contribution is 0.0917. The molecule has 21 heavy (non-hydrogen) atoms. The van der Waals surface area contributed by atoms with E-state index in [2.05, 4.69) is 24.3 Å². The predicted molar refractivity (Wildman–Crippen MR) is 77.0 cm³/mol. The Balaban J connectivity index is 1.65. The molecule has 5 rings (SSSR count). The van der Waals surface area contributed by atoms with Gasteiger partial charge in [-0.2, -0.15) is 0 Å². The Hall–Kier alpha value is -2.29. The molecule has 2 aromatic carbocycles. The highest BCUT2D eigenvalue weighted by atomic mass is 16.7. The minimum atomic E-state index is 0.0810. The third-order valence-corrected chi connectivity index (χ3v) is 5.03. The Morgan fingerprint density at radius 2 is 1.57 bits per heavy atom. The molecule has 2 unspecified atom stereocenters. The van der Waals surface area contributed by atoms with Crippen LogP contribution in [0.25, 0.3) is 0 Å². The number of hydrogen-bond donors (Lipinski definition) is 0. The molecule has 0 saturated heterocycles. The average molecular weight is 278 g/mol. The van der Waals surface area contributed by atoms with Crippen LogP contribution in [-0.2, 0) is 12.8 Å². The molecule has 3 heteroatoms. The van der Waals surface area contributed by atoms with E-state index < -0.39 is 0 Å². The van der Waals surface area contributed by atoms with Crippen molar-refractivity contribution in [3.05, 3.63) is 58.7 Å². The standard InChI is InChI=1S/C18H14O3/c19-18-14-6-11-4-2-1-3-10(11)5-12(14)13-7-16-17(8-15(13)18)21-9-20-16/h1-4,7-8,12,14H,5-6,9H2. The molecule has 0 aromatic heterocycles. The zero-order valence-corrected chi connectivity index (χ0v) is 11.5. The summed E-state index contributed by atoms with van der Waals surface area (Å²) >= 11 is 0. The van der Waals surface area contributed by atoms with Gasteiger partial charge in [-0.3, -0.25) is 4.79 Å². The third kappa shape index (κ3) is 1.46. The van der Waals surface area contributed by atoms with E-state index in [1.165, 1.54) is 11.1 Å². The highest BCUT2D eigenvalue weighted by Gasteiger charge is 2.43. The van der Waals surface area contributed by atoms with Gasteiger partial charge >= 0.3 is 0 Å². The number of hydrogen-bond acceptors (Lipinski definition) is 3. The summed E-state index contributed by atoms with van der Waals surface area (Å²) in [5.41, 5.74) is 4.67. The SMILES string of the molecule is O=C1c2cc3c(cc2C2Cc4ccccc4CC12)OCO3. The molecule has 2 atom stereocenters. The van der Waals surface area contributed by atoms with Gasteiger partial charge in [0.05, 0.1) is 0 Å². The quantitative estimate of drug-likeness (QED) is 0.742. The summed E-state index contributed by atoms with van der Waals surface area (Å²) in [4.78, 5) is 12.7. The van der Waals surface area contributed by atoms with Crippen molar-refractivity contribution in [2.75, 3.05) is 6.79 Å². The molecule has 1 aliphatic heterocycles. The van der Waals surface area contributed by atoms with E-state index in [0.717, 1.165) is 29.7 Å². The molecule has 0 fully saturated rings. The Morgan fingerprint density at radius 3 is 2.33 bits per heavy atom. The third-order valence-electron chi connectivity index (χ3n) is 5.03. The van der Waals surface area contributed by atoms with Gasteiger partial charge in [0.25, 0.3) is 0 Å². The molecule has 104 valence electrons. The zero-order chi connectivity index (χ0) is 14.0. The van der Waals surface area contributed by atoms with Crippen molar-refractivity contribution in [1.29, 1.82) is 0 Å². The van der Waals surface area contributed by atoms with Crippen LogP contribution in [0.15, 0.2) is 36.4 Å². The summed E-state index contributed by atoms with van der Waals surface area (Å²) in [6, 6.07) is 12.4. The van der Waals surface area contributed by atoms with Crippen LogP contribution >= 0.6 is 0 Å². The molecular formula is C18H14O3. The van der Waals surface area contributed by atoms with Gasteiger partial charge in [0.15, 0.2) is 17.3 Å². The van der Waals surface area contributed by atoms with Crippen LogP contribution in [0.5, 0.6) is 11.5 Å². The first kappa shape index (κ1) is 11.4. The van der Waals surface area contributed by atoms with E-state index >= 15 is 0 Å². The van der Waals surface area contributed by atoms with Gasteiger partial charge < -0.3 is 9.47 Å². The molecule has 2 aliphatic carbocycles. The van der Waals surface area contributed by atoms with Crippen molar-refractivity contribution < 1.29 is 14.3 Å². The first-order valence-electron chi connectivity index (χ1n) is 7.36. The van der Waals surface area contributed by atoms with Crippen LogP contribution in [0.1, 0.15) is 33.0 Å². The average Bonchev–Trinajstić information content (AvgIpc) is 3.08. The van der Waals surface area contributed by atoms with Crippen molar-refractivity contribution in [2.24, 2.45) is 5.92 Å². The van der Waals surface area contributed by atoms with Crippen LogP contribution in [0.3, 0.4) is 0 Å². The summed E-state index contributed by atoms with van der Waals surface area (Å²) in [6.07, 6.45) is 1.79. The van der Waals surface area contributed by atoms with Crippen LogP contribution < -0.4 is 9.47 Å². The van der Waals surface area contributed by atoms with Crippen LogP contribution in [0.2, 0.25) is 0 Å². The minimum absolute atomic E-state index is 0.0810. The molecule has 1 heterocycles. The fourth-order valence-corrected chi connectivity index (χ4v) is 3.99. The summed E-state index contributed by atoms with van der Waals surface area (Å²) < 4.78 is 10.9. The van der Waals surface area contributed by atoms with Gasteiger partial charge in [-0.15, -0.1) is 0 Å². The van der Waals surface area contributed by atoms with Crippen molar-refractivity contribution in [2.45, 2.75) is 18.8 Å². The van der Waals surface area contributed by atoms with Crippen molar-refractivity contribution in [3.8, 4) is 11.5 Å². The maximum Gasteiger partial charge on any atom is 0.231 e. The molecule has 0 N–H and O–H groups in total. The number of rotatable bonds is 0. The van der Waals surface area contributed by atoms with Gasteiger partial charge in [0.1, 0.15) is 0 Å². The Kier molecular flexibility index (Phi) is 2.10. The molecule has 0 amide bonds. The molecular weight excluding hydrogens is 264 g/mol. The molecule has 2 aromatic rings. The highest BCUT2D eigenvalue weighted by Crippen LogP contribution is 2.49. The first-order valence-corrected chi connectivity index (χ1v) is 7.36. The lowest BCUT2D eigenvalue weighted by atomic mass is 9.76. The number of ketones is 1. The van der Waals surface area contributed by atoms with E-state index in [1.54, 1.807) is 0 Å². The van der Waals surface area contributed by atoms with E-state index in [-0.39, 0.29) is 24.4 Å². The summed E-state index contributed by atoms with van der Waals surface area (Å²) in [5.74, 6) is 2.12. The number of Topliss-reactive ketones (excluding diaryl/α,β-unsaturated/α-hetero) is 1. The monoisotopic (exact) mass is 278 g/mol. The maximum absolute atomic E-state index is 12.7. The Morgan fingerprint density at radius 1 is 0.905 bits per heavy atom. The number of fused-ring (bicyclic) bond motifs is 5. The lowest BCUT2D eigenvalue weighted by Gasteiger charge is -2.27. The van der Waals surface area contributed by atoms with E-state index in [0.29, 0.717) is 5.75 Å². The lowest BCUT2D eigenvalue weighted by Crippen LogP contribution is -2.23. The number of carbonyl (C=O) groups excluding carboxylic acids is 1. The second-order valence-electron chi connectivity index (χ2n) is 6.05. The molecule has 0 spiro atoms. The fraction of sp³-hybridized carbons (Fsp3) is 0.278. The Bertz CT molecular complexity index is 778. The predicted octanol–water partition coefficient (Wildman–Crippen LogP) is 3.11. The number of benzene rings is 2. The van der Waals surface area contributed by atoms with Gasteiger partial charge in [0.2, 0.25) is 6.79 Å². The molecule has 0 bridgehead atoms. The van der Waals surface area contributed by atoms with Crippen LogP contribution in [0.4, 0.5) is 0 Å². The van der Waals surface area contributed by atoms with Gasteiger partial charge in [-0.25, -0.2) is 0 Å². The summed E-state index contributed by atoms with van der Waals surface area (Å²) in [7, 11) is 0. The van der Waals surface area contributed by atoms with Crippen molar-refractivity contribution in [1.82, 2.24) is 0 Å². The summed E-state index contributed by atoms with van der Waals surface area (Å²) in [6.45, 7) is 0.253. The van der Waals surface area contributed by atoms with Gasteiger partial charge in [0, 0.05) is 11.5 Å². The van der Waals surface area contributed by atoms with E-state index in [9.17, 15) is 4.79 Å². The molecule has 3 aliphatic rings. The maximum atomic E-state index is 12.7. The smallest absolute Gasteiger partial charge is 0.231 e. The van der Waals surface area contributed by atoms with E-state index in [1.807, 2.05) is 12.1 Å². The topological polar surface area (TPSA) is 35.5 Å². The van der Waals surface area contributed by atoms with Crippen molar-refractivity contribution in [3.63, 3.8) is 0 Å². The van der Waals surface area contributed by atoms with E-state index in [4.69, 9.17) is 9.47 Å². The Labute approximate surface area is 122 Å². The second-order valence-corrected chi connectivity index (χ2v) is 6.05. The molecule has 3 nitrogen and oxygen atoms in total. The minimum Gasteiger partial charge on any atom is -0.454 e. The van der Waals surface area contributed by atoms with Crippen LogP contribution in [-0.4, -0.2) is 12.6 Å². The van der Waals surface area contributed by atoms with Gasteiger partial charge in [-0.1, -0.05) is 24.3 Å². The number of carbonyl (C=O) groups is 1. The normalized spacial score (nSPS) is 24.5. The number of ether oxygens (including phenoxy) is 2. The molecule has 0 radical (unpaired) electrons. The molecule has 0 saturated carbocycles. The zero-order valence-electron chi connectivity index (χ0n) is 11.5. The second kappa shape index (κ2) is 3.88. The highest BCUT2D eigenvalue weighted by molar-refractivity contribution is 6.04. The van der Waals surface area contributed by atoms with Gasteiger partial charge in [-0.05, 0) is 47.6 Å². The first-order chi connectivity index (χ1) is 10.3. The van der Waals surface area contributed by atoms with Crippen molar-refractivity contribution >= 4 is 5.78 Å². The summed E-state index contributed by atoms with van der Waals surface area (Å²) in [5, 5.41) is 0. The van der Waals surface area contributed by atoms with Crippen LogP contribution in [0, 0.1) is 5.92 Å². The largest absolute Gasteiger partial charge is 0.454 e.